The maximum Gasteiger partial charge on any atom is 0.346 e. The van der Waals surface area contributed by atoms with Crippen molar-refractivity contribution >= 4 is 27.1 Å². The van der Waals surface area contributed by atoms with E-state index < -0.39 is 5.69 Å². The molecule has 8 heteroatoms. The van der Waals surface area contributed by atoms with E-state index in [-0.39, 0.29) is 0 Å². The van der Waals surface area contributed by atoms with Crippen LogP contribution in [0.25, 0.3) is 22.6 Å². The van der Waals surface area contributed by atoms with Crippen molar-refractivity contribution in [3.8, 4) is 22.9 Å². The average Bonchev–Trinajstić information content (AvgIpc) is 2.89. The predicted octanol–water partition coefficient (Wildman–Crippen LogP) is 2.09. The van der Waals surface area contributed by atoms with Crippen LogP contribution in [-0.2, 0) is 0 Å². The number of methoxy groups -OCH3 is 2. The molecular weight excluding hydrogens is 340 g/mol. The van der Waals surface area contributed by atoms with Crippen LogP contribution in [0.2, 0.25) is 0 Å². The number of fused-ring (bicyclic) bond motifs is 1. The second kappa shape index (κ2) is 5.21. The van der Waals surface area contributed by atoms with Crippen molar-refractivity contribution in [2.24, 2.45) is 0 Å². The van der Waals surface area contributed by atoms with Gasteiger partial charge < -0.3 is 14.5 Å². The van der Waals surface area contributed by atoms with Crippen LogP contribution in [-0.4, -0.2) is 34.2 Å². The van der Waals surface area contributed by atoms with Gasteiger partial charge in [-0.2, -0.15) is 4.98 Å². The van der Waals surface area contributed by atoms with Crippen molar-refractivity contribution in [2.45, 2.75) is 0 Å². The molecule has 0 unspecified atom stereocenters. The third-order valence-electron chi connectivity index (χ3n) is 3.00. The summed E-state index contributed by atoms with van der Waals surface area (Å²) in [5, 5.41) is 0. The van der Waals surface area contributed by atoms with Crippen LogP contribution in [0, 0.1) is 0 Å². The Balaban J connectivity index is 2.21. The monoisotopic (exact) mass is 350 g/mol. The lowest BCUT2D eigenvalue weighted by atomic mass is 10.2. The summed E-state index contributed by atoms with van der Waals surface area (Å²) < 4.78 is 11.4. The maximum absolute atomic E-state index is 11.2. The quantitative estimate of drug-likeness (QED) is 0.754. The largest absolute Gasteiger partial charge is 0.496 e. The molecule has 0 saturated heterocycles. The highest BCUT2D eigenvalue weighted by atomic mass is 79.9. The van der Waals surface area contributed by atoms with E-state index in [1.807, 2.05) is 6.07 Å². The molecule has 0 aliphatic carbocycles. The summed E-state index contributed by atoms with van der Waals surface area (Å²) >= 11 is 3.43. The van der Waals surface area contributed by atoms with Gasteiger partial charge in [-0.1, -0.05) is 0 Å². The van der Waals surface area contributed by atoms with Crippen LogP contribution in [0.3, 0.4) is 0 Å². The minimum atomic E-state index is -0.441. The Morgan fingerprint density at radius 3 is 2.62 bits per heavy atom. The molecule has 0 radical (unpaired) electrons. The standard InChI is InChI=1S/C13H11BrN4O3/c1-20-9-4-10(21-2)7(14)3-6(9)11-16-8-5-15-13(19)18-12(8)17-11/h3-5H,1-2H3,(H2,15,16,17,18,19). The Hall–Kier alpha value is -2.35. The average molecular weight is 351 g/mol. The molecule has 3 rings (SSSR count). The van der Waals surface area contributed by atoms with E-state index in [1.165, 1.54) is 6.20 Å². The summed E-state index contributed by atoms with van der Waals surface area (Å²) in [4.78, 5) is 24.9. The molecule has 2 aromatic heterocycles. The van der Waals surface area contributed by atoms with E-state index in [1.54, 1.807) is 20.3 Å². The Labute approximate surface area is 127 Å². The summed E-state index contributed by atoms with van der Waals surface area (Å²) in [7, 11) is 3.15. The number of hydrogen-bond acceptors (Lipinski definition) is 5. The minimum Gasteiger partial charge on any atom is -0.496 e. The molecule has 0 amide bonds. The molecule has 2 heterocycles. The molecule has 0 fully saturated rings. The maximum atomic E-state index is 11.2. The van der Waals surface area contributed by atoms with E-state index in [0.717, 1.165) is 10.0 Å². The Bertz CT molecular complexity index is 871. The van der Waals surface area contributed by atoms with Crippen molar-refractivity contribution in [3.05, 3.63) is 33.3 Å². The van der Waals surface area contributed by atoms with Crippen LogP contribution in [0.4, 0.5) is 0 Å². The third-order valence-corrected chi connectivity index (χ3v) is 3.62. The lowest BCUT2D eigenvalue weighted by Crippen LogP contribution is -2.08. The van der Waals surface area contributed by atoms with E-state index in [2.05, 4.69) is 35.9 Å². The summed E-state index contributed by atoms with van der Waals surface area (Å²) in [6.07, 6.45) is 1.44. The zero-order chi connectivity index (χ0) is 15.0. The van der Waals surface area contributed by atoms with Crippen LogP contribution in [0.1, 0.15) is 0 Å². The first kappa shape index (κ1) is 13.6. The fourth-order valence-electron chi connectivity index (χ4n) is 2.00. The van der Waals surface area contributed by atoms with E-state index in [0.29, 0.717) is 28.5 Å². The van der Waals surface area contributed by atoms with Crippen molar-refractivity contribution in [2.75, 3.05) is 14.2 Å². The highest BCUT2D eigenvalue weighted by molar-refractivity contribution is 9.10. The van der Waals surface area contributed by atoms with Crippen LogP contribution >= 0.6 is 15.9 Å². The molecule has 0 bridgehead atoms. The zero-order valence-electron chi connectivity index (χ0n) is 11.2. The van der Waals surface area contributed by atoms with E-state index in [9.17, 15) is 4.79 Å². The fraction of sp³-hybridized carbons (Fsp3) is 0.154. The van der Waals surface area contributed by atoms with E-state index >= 15 is 0 Å². The van der Waals surface area contributed by atoms with Crippen LogP contribution in [0.15, 0.2) is 27.6 Å². The lowest BCUT2D eigenvalue weighted by Gasteiger charge is -2.10. The minimum absolute atomic E-state index is 0.441. The van der Waals surface area contributed by atoms with Gasteiger partial charge in [0.2, 0.25) is 0 Å². The molecule has 3 aromatic rings. The number of nitrogens with one attached hydrogen (secondary N) is 2. The highest BCUT2D eigenvalue weighted by Gasteiger charge is 2.15. The normalized spacial score (nSPS) is 10.8. The predicted molar refractivity (Wildman–Crippen MR) is 80.7 cm³/mol. The molecule has 0 aliphatic heterocycles. The molecule has 0 atom stereocenters. The first-order valence-electron chi connectivity index (χ1n) is 5.99. The number of nitrogens with zero attached hydrogens (tertiary/aromatic N) is 2. The molecule has 0 saturated carbocycles. The molecular formula is C13H11BrN4O3. The van der Waals surface area contributed by atoms with Crippen molar-refractivity contribution in [1.82, 2.24) is 19.9 Å². The van der Waals surface area contributed by atoms with Gasteiger partial charge in [-0.25, -0.2) is 9.78 Å². The Morgan fingerprint density at radius 2 is 1.90 bits per heavy atom. The fourth-order valence-corrected chi connectivity index (χ4v) is 2.51. The van der Waals surface area contributed by atoms with Gasteiger partial charge in [0.1, 0.15) is 22.8 Å². The second-order valence-corrected chi connectivity index (χ2v) is 5.08. The number of H-pyrrole nitrogens is 2. The SMILES string of the molecule is COc1cc(OC)c(-c2nc3[nH]c(=O)ncc3[nH]2)cc1Br. The second-order valence-electron chi connectivity index (χ2n) is 4.22. The first-order chi connectivity index (χ1) is 10.1. The van der Waals surface area contributed by atoms with Crippen molar-refractivity contribution in [1.29, 1.82) is 0 Å². The summed E-state index contributed by atoms with van der Waals surface area (Å²) in [5.74, 6) is 1.82. The third kappa shape index (κ3) is 2.38. The molecule has 108 valence electrons. The summed E-state index contributed by atoms with van der Waals surface area (Å²) in [6, 6.07) is 3.59. The molecule has 7 nitrogen and oxygen atoms in total. The molecule has 21 heavy (non-hydrogen) atoms. The summed E-state index contributed by atoms with van der Waals surface area (Å²) in [5.41, 5.74) is 1.38. The van der Waals surface area contributed by atoms with Gasteiger partial charge in [-0.05, 0) is 22.0 Å². The lowest BCUT2D eigenvalue weighted by molar-refractivity contribution is 0.393. The first-order valence-corrected chi connectivity index (χ1v) is 6.78. The topological polar surface area (TPSA) is 92.9 Å². The van der Waals surface area contributed by atoms with Gasteiger partial charge in [0, 0.05) is 6.07 Å². The van der Waals surface area contributed by atoms with Gasteiger partial charge in [0.15, 0.2) is 5.65 Å². The van der Waals surface area contributed by atoms with Crippen LogP contribution < -0.4 is 15.2 Å². The Morgan fingerprint density at radius 1 is 1.14 bits per heavy atom. The zero-order valence-corrected chi connectivity index (χ0v) is 12.8. The molecule has 1 aromatic carbocycles. The smallest absolute Gasteiger partial charge is 0.346 e. The van der Waals surface area contributed by atoms with Gasteiger partial charge in [0.25, 0.3) is 0 Å². The molecule has 2 N–H and O–H groups in total. The van der Waals surface area contributed by atoms with Gasteiger partial charge in [-0.15, -0.1) is 0 Å². The molecule has 0 aliphatic rings. The number of benzene rings is 1. The number of halogens is 1. The van der Waals surface area contributed by atoms with Gasteiger partial charge >= 0.3 is 5.69 Å². The van der Waals surface area contributed by atoms with Gasteiger partial charge in [-0.3, -0.25) is 4.98 Å². The number of aromatic nitrogens is 4. The van der Waals surface area contributed by atoms with E-state index in [4.69, 9.17) is 9.47 Å². The van der Waals surface area contributed by atoms with Gasteiger partial charge in [0.05, 0.1) is 30.5 Å². The Kier molecular flexibility index (Phi) is 3.38. The highest BCUT2D eigenvalue weighted by Crippen LogP contribution is 2.37. The molecule has 0 spiro atoms. The number of aromatic amines is 2. The number of ether oxygens (including phenoxy) is 2. The van der Waals surface area contributed by atoms with Crippen molar-refractivity contribution in [3.63, 3.8) is 0 Å². The van der Waals surface area contributed by atoms with Crippen LogP contribution in [0.5, 0.6) is 11.5 Å². The van der Waals surface area contributed by atoms with Crippen molar-refractivity contribution < 1.29 is 9.47 Å². The number of rotatable bonds is 3. The number of hydrogen-bond donors (Lipinski definition) is 2. The summed E-state index contributed by atoms with van der Waals surface area (Å²) in [6.45, 7) is 0. The number of imidazole rings is 1.